The zero-order valence-electron chi connectivity index (χ0n) is 13.2. The van der Waals surface area contributed by atoms with Crippen LogP contribution in [0.1, 0.15) is 44.6 Å². The standard InChI is InChI=1S/C18H24N2O2/c1-2-3-6-15(21)9-10-18(22)19-12-11-14-13-20-17-8-5-4-7-16(14)17/h4-5,7-8,13,20H,2-3,6,9-12H2,1H3,(H,19,22). The van der Waals surface area contributed by atoms with Crippen LogP contribution < -0.4 is 5.32 Å². The van der Waals surface area contributed by atoms with Gasteiger partial charge in [0.15, 0.2) is 0 Å². The lowest BCUT2D eigenvalue weighted by Crippen LogP contribution is -2.26. The van der Waals surface area contributed by atoms with Crippen molar-refractivity contribution >= 4 is 22.6 Å². The normalized spacial score (nSPS) is 10.8. The van der Waals surface area contributed by atoms with E-state index in [1.165, 1.54) is 10.9 Å². The van der Waals surface area contributed by atoms with Gasteiger partial charge in [-0.25, -0.2) is 0 Å². The molecule has 0 radical (unpaired) electrons. The lowest BCUT2D eigenvalue weighted by atomic mass is 10.1. The number of carbonyl (C=O) groups is 2. The number of Topliss-reactive ketones (excluding diaryl/α,β-unsaturated/α-hetero) is 1. The molecule has 1 heterocycles. The van der Waals surface area contributed by atoms with Crippen molar-refractivity contribution < 1.29 is 9.59 Å². The van der Waals surface area contributed by atoms with Gasteiger partial charge in [-0.3, -0.25) is 9.59 Å². The summed E-state index contributed by atoms with van der Waals surface area (Å²) in [4.78, 5) is 26.5. The summed E-state index contributed by atoms with van der Waals surface area (Å²) in [6.07, 6.45) is 5.97. The first-order chi connectivity index (χ1) is 10.7. The highest BCUT2D eigenvalue weighted by Gasteiger charge is 2.07. The predicted octanol–water partition coefficient (Wildman–Crippen LogP) is 3.37. The fraction of sp³-hybridized carbons (Fsp3) is 0.444. The second kappa shape index (κ2) is 8.37. The Morgan fingerprint density at radius 3 is 2.77 bits per heavy atom. The van der Waals surface area contributed by atoms with Crippen molar-refractivity contribution in [3.63, 3.8) is 0 Å². The molecule has 0 saturated heterocycles. The van der Waals surface area contributed by atoms with E-state index in [9.17, 15) is 9.59 Å². The lowest BCUT2D eigenvalue weighted by Gasteiger charge is -2.04. The summed E-state index contributed by atoms with van der Waals surface area (Å²) in [5.41, 5.74) is 2.32. The van der Waals surface area contributed by atoms with Gasteiger partial charge < -0.3 is 10.3 Å². The molecule has 0 aliphatic carbocycles. The molecule has 1 aromatic heterocycles. The molecule has 0 aliphatic heterocycles. The highest BCUT2D eigenvalue weighted by molar-refractivity contribution is 5.85. The van der Waals surface area contributed by atoms with Crippen molar-refractivity contribution in [2.75, 3.05) is 6.54 Å². The van der Waals surface area contributed by atoms with Crippen LogP contribution in [0.25, 0.3) is 10.9 Å². The van der Waals surface area contributed by atoms with Crippen molar-refractivity contribution in [1.82, 2.24) is 10.3 Å². The van der Waals surface area contributed by atoms with Crippen LogP contribution >= 0.6 is 0 Å². The van der Waals surface area contributed by atoms with E-state index in [2.05, 4.69) is 23.3 Å². The zero-order valence-corrected chi connectivity index (χ0v) is 13.2. The van der Waals surface area contributed by atoms with E-state index in [1.807, 2.05) is 24.4 Å². The number of amides is 1. The minimum Gasteiger partial charge on any atom is -0.361 e. The van der Waals surface area contributed by atoms with Gasteiger partial charge in [-0.05, 0) is 24.5 Å². The fourth-order valence-electron chi connectivity index (χ4n) is 2.52. The van der Waals surface area contributed by atoms with Gasteiger partial charge in [0.1, 0.15) is 5.78 Å². The summed E-state index contributed by atoms with van der Waals surface area (Å²) in [6, 6.07) is 8.13. The van der Waals surface area contributed by atoms with Crippen LogP contribution in [0.15, 0.2) is 30.5 Å². The Morgan fingerprint density at radius 2 is 1.95 bits per heavy atom. The number of aromatic nitrogens is 1. The Labute approximate surface area is 131 Å². The molecule has 4 heteroatoms. The molecule has 0 unspecified atom stereocenters. The number of benzene rings is 1. The molecule has 118 valence electrons. The van der Waals surface area contributed by atoms with Gasteiger partial charge >= 0.3 is 0 Å². The number of carbonyl (C=O) groups excluding carboxylic acids is 2. The number of aromatic amines is 1. The van der Waals surface area contributed by atoms with Gasteiger partial charge in [0.25, 0.3) is 0 Å². The molecule has 2 rings (SSSR count). The van der Waals surface area contributed by atoms with Crippen LogP contribution in [-0.4, -0.2) is 23.2 Å². The molecule has 2 N–H and O–H groups in total. The van der Waals surface area contributed by atoms with Gasteiger partial charge in [-0.2, -0.15) is 0 Å². The summed E-state index contributed by atoms with van der Waals surface area (Å²) < 4.78 is 0. The largest absolute Gasteiger partial charge is 0.361 e. The molecule has 2 aromatic rings. The highest BCUT2D eigenvalue weighted by atomic mass is 16.2. The van der Waals surface area contributed by atoms with E-state index in [1.54, 1.807) is 0 Å². The summed E-state index contributed by atoms with van der Waals surface area (Å²) in [6.45, 7) is 2.66. The number of para-hydroxylation sites is 1. The third-order valence-corrected chi connectivity index (χ3v) is 3.83. The van der Waals surface area contributed by atoms with Crippen molar-refractivity contribution in [2.24, 2.45) is 0 Å². The van der Waals surface area contributed by atoms with Crippen LogP contribution in [0.3, 0.4) is 0 Å². The van der Waals surface area contributed by atoms with Crippen molar-refractivity contribution in [3.05, 3.63) is 36.0 Å². The molecule has 4 nitrogen and oxygen atoms in total. The van der Waals surface area contributed by atoms with E-state index >= 15 is 0 Å². The Bertz CT molecular complexity index is 631. The van der Waals surface area contributed by atoms with Crippen LogP contribution in [0.4, 0.5) is 0 Å². The van der Waals surface area contributed by atoms with E-state index in [-0.39, 0.29) is 11.7 Å². The molecular weight excluding hydrogens is 276 g/mol. The predicted molar refractivity (Wildman–Crippen MR) is 88.8 cm³/mol. The number of fused-ring (bicyclic) bond motifs is 1. The minimum absolute atomic E-state index is 0.0373. The van der Waals surface area contributed by atoms with E-state index in [0.717, 1.165) is 24.8 Å². The smallest absolute Gasteiger partial charge is 0.220 e. The summed E-state index contributed by atoms with van der Waals surface area (Å²) >= 11 is 0. The average molecular weight is 300 g/mol. The molecule has 0 aliphatic rings. The maximum absolute atomic E-state index is 11.7. The summed E-state index contributed by atoms with van der Waals surface area (Å²) in [7, 11) is 0. The SMILES string of the molecule is CCCCC(=O)CCC(=O)NCCc1c[nH]c2ccccc12. The number of nitrogens with one attached hydrogen (secondary N) is 2. The molecule has 1 aromatic carbocycles. The van der Waals surface area contributed by atoms with Gasteiger partial charge in [0, 0.05) is 42.9 Å². The van der Waals surface area contributed by atoms with Gasteiger partial charge in [-0.1, -0.05) is 31.5 Å². The number of unbranched alkanes of at least 4 members (excludes halogenated alkanes) is 1. The Hall–Kier alpha value is -2.10. The van der Waals surface area contributed by atoms with Gasteiger partial charge in [0.2, 0.25) is 5.91 Å². The lowest BCUT2D eigenvalue weighted by molar-refractivity contribution is -0.125. The fourth-order valence-corrected chi connectivity index (χ4v) is 2.52. The monoisotopic (exact) mass is 300 g/mol. The summed E-state index contributed by atoms with van der Waals surface area (Å²) in [5, 5.41) is 4.09. The van der Waals surface area contributed by atoms with Crippen LogP contribution in [-0.2, 0) is 16.0 Å². The number of hydrogen-bond donors (Lipinski definition) is 2. The second-order valence-corrected chi connectivity index (χ2v) is 5.60. The first-order valence-corrected chi connectivity index (χ1v) is 8.04. The molecular formula is C18H24N2O2. The number of H-pyrrole nitrogens is 1. The van der Waals surface area contributed by atoms with Gasteiger partial charge in [-0.15, -0.1) is 0 Å². The Morgan fingerprint density at radius 1 is 1.14 bits per heavy atom. The molecule has 22 heavy (non-hydrogen) atoms. The molecule has 0 atom stereocenters. The molecule has 0 bridgehead atoms. The first-order valence-electron chi connectivity index (χ1n) is 8.04. The quantitative estimate of drug-likeness (QED) is 0.746. The summed E-state index contributed by atoms with van der Waals surface area (Å²) in [5.74, 6) is 0.151. The zero-order chi connectivity index (χ0) is 15.8. The van der Waals surface area contributed by atoms with Crippen molar-refractivity contribution in [3.8, 4) is 0 Å². The maximum atomic E-state index is 11.7. The molecule has 0 fully saturated rings. The second-order valence-electron chi connectivity index (χ2n) is 5.60. The number of rotatable bonds is 9. The molecule has 1 amide bonds. The third kappa shape index (κ3) is 4.72. The minimum atomic E-state index is -0.0373. The van der Waals surface area contributed by atoms with E-state index in [4.69, 9.17) is 0 Å². The Kier molecular flexibility index (Phi) is 6.19. The average Bonchev–Trinajstić information content (AvgIpc) is 2.94. The Balaban J connectivity index is 1.70. The van der Waals surface area contributed by atoms with Crippen LogP contribution in [0.5, 0.6) is 0 Å². The highest BCUT2D eigenvalue weighted by Crippen LogP contribution is 2.17. The molecule has 0 spiro atoms. The first kappa shape index (κ1) is 16.3. The van der Waals surface area contributed by atoms with E-state index < -0.39 is 0 Å². The topological polar surface area (TPSA) is 62.0 Å². The van der Waals surface area contributed by atoms with Crippen LogP contribution in [0, 0.1) is 0 Å². The van der Waals surface area contributed by atoms with Crippen LogP contribution in [0.2, 0.25) is 0 Å². The number of hydrogen-bond acceptors (Lipinski definition) is 2. The maximum Gasteiger partial charge on any atom is 0.220 e. The molecule has 0 saturated carbocycles. The number of ketones is 1. The van der Waals surface area contributed by atoms with E-state index in [0.29, 0.717) is 25.8 Å². The van der Waals surface area contributed by atoms with Crippen molar-refractivity contribution in [1.29, 1.82) is 0 Å². The third-order valence-electron chi connectivity index (χ3n) is 3.83. The van der Waals surface area contributed by atoms with Crippen molar-refractivity contribution in [2.45, 2.75) is 45.4 Å². The van der Waals surface area contributed by atoms with Gasteiger partial charge in [0.05, 0.1) is 0 Å².